The fourth-order valence-corrected chi connectivity index (χ4v) is 2.49. The molecule has 2 amide bonds. The van der Waals surface area contributed by atoms with Gasteiger partial charge in [-0.2, -0.15) is 0 Å². The number of carbonyl (C=O) groups is 1. The molecule has 5 nitrogen and oxygen atoms in total. The van der Waals surface area contributed by atoms with Crippen LogP contribution in [0.4, 0.5) is 13.6 Å². The van der Waals surface area contributed by atoms with Gasteiger partial charge in [0.15, 0.2) is 11.6 Å². The molecule has 7 heteroatoms. The van der Waals surface area contributed by atoms with Crippen molar-refractivity contribution in [2.75, 3.05) is 19.7 Å². The van der Waals surface area contributed by atoms with Gasteiger partial charge in [0.2, 0.25) is 0 Å². The maximum atomic E-state index is 13.5. The van der Waals surface area contributed by atoms with Crippen LogP contribution in [-0.2, 0) is 4.74 Å². The van der Waals surface area contributed by atoms with Crippen molar-refractivity contribution in [3.63, 3.8) is 0 Å². The van der Waals surface area contributed by atoms with Crippen molar-refractivity contribution in [3.05, 3.63) is 29.8 Å². The van der Waals surface area contributed by atoms with Crippen molar-refractivity contribution in [3.8, 4) is 5.75 Å². The molecule has 1 aromatic rings. The van der Waals surface area contributed by atoms with Gasteiger partial charge in [0.05, 0.1) is 18.2 Å². The second-order valence-corrected chi connectivity index (χ2v) is 5.90. The fourth-order valence-electron chi connectivity index (χ4n) is 2.49. The number of carbonyl (C=O) groups excluding carboxylic acids is 1. The van der Waals surface area contributed by atoms with Crippen molar-refractivity contribution < 1.29 is 23.0 Å². The zero-order valence-corrected chi connectivity index (χ0v) is 13.5. The minimum absolute atomic E-state index is 0.00985. The summed E-state index contributed by atoms with van der Waals surface area (Å²) < 4.78 is 37.2. The Hall–Kier alpha value is -1.89. The molecule has 1 aliphatic heterocycles. The Kier molecular flexibility index (Phi) is 5.76. The number of rotatable bonds is 4. The van der Waals surface area contributed by atoms with Crippen LogP contribution in [0.15, 0.2) is 18.2 Å². The molecule has 1 fully saturated rings. The summed E-state index contributed by atoms with van der Waals surface area (Å²) >= 11 is 0. The molecule has 0 aliphatic carbocycles. The number of amides is 2. The van der Waals surface area contributed by atoms with Gasteiger partial charge in [0.25, 0.3) is 0 Å². The second-order valence-electron chi connectivity index (χ2n) is 5.90. The highest BCUT2D eigenvalue weighted by Gasteiger charge is 2.26. The van der Waals surface area contributed by atoms with Crippen molar-refractivity contribution in [2.24, 2.45) is 0 Å². The Labute approximate surface area is 134 Å². The van der Waals surface area contributed by atoms with Crippen molar-refractivity contribution in [2.45, 2.75) is 39.0 Å². The summed E-state index contributed by atoms with van der Waals surface area (Å²) in [6.07, 6.45) is -0.0197. The van der Waals surface area contributed by atoms with E-state index in [1.165, 1.54) is 6.07 Å². The summed E-state index contributed by atoms with van der Waals surface area (Å²) in [5.41, 5.74) is 0. The third-order valence-corrected chi connectivity index (χ3v) is 3.46. The third-order valence-electron chi connectivity index (χ3n) is 3.46. The largest absolute Gasteiger partial charge is 0.488 e. The number of halogens is 2. The summed E-state index contributed by atoms with van der Waals surface area (Å²) in [6.45, 7) is 6.72. The first-order valence-electron chi connectivity index (χ1n) is 7.64. The molecule has 1 aromatic carbocycles. The molecule has 0 bridgehead atoms. The first-order chi connectivity index (χ1) is 10.8. The first-order valence-corrected chi connectivity index (χ1v) is 7.64. The Morgan fingerprint density at radius 3 is 2.65 bits per heavy atom. The SMILES string of the molecule is CC(COc1ccc(F)cc1F)NC(=O)N1CC(C)OC(C)C1. The first kappa shape index (κ1) is 17.5. The second kappa shape index (κ2) is 7.59. The van der Waals surface area contributed by atoms with Crippen LogP contribution in [-0.4, -0.2) is 48.9 Å². The summed E-state index contributed by atoms with van der Waals surface area (Å²) in [7, 11) is 0. The van der Waals surface area contributed by atoms with Crippen LogP contribution in [0.5, 0.6) is 5.75 Å². The van der Waals surface area contributed by atoms with E-state index in [-0.39, 0.29) is 36.6 Å². The van der Waals surface area contributed by atoms with Crippen molar-refractivity contribution in [1.29, 1.82) is 0 Å². The van der Waals surface area contributed by atoms with Crippen LogP contribution in [0.2, 0.25) is 0 Å². The van der Waals surface area contributed by atoms with E-state index in [9.17, 15) is 13.6 Å². The maximum absolute atomic E-state index is 13.5. The number of nitrogens with one attached hydrogen (secondary N) is 1. The highest BCUT2D eigenvalue weighted by Crippen LogP contribution is 2.17. The van der Waals surface area contributed by atoms with Gasteiger partial charge in [-0.25, -0.2) is 13.6 Å². The van der Waals surface area contributed by atoms with Crippen LogP contribution < -0.4 is 10.1 Å². The molecule has 23 heavy (non-hydrogen) atoms. The van der Waals surface area contributed by atoms with Gasteiger partial charge >= 0.3 is 6.03 Å². The molecule has 0 radical (unpaired) electrons. The number of benzene rings is 1. The van der Waals surface area contributed by atoms with Gasteiger partial charge in [-0.05, 0) is 32.9 Å². The van der Waals surface area contributed by atoms with Crippen LogP contribution in [0.25, 0.3) is 0 Å². The minimum atomic E-state index is -0.764. The van der Waals surface area contributed by atoms with E-state index in [1.807, 2.05) is 13.8 Å². The number of hydrogen-bond acceptors (Lipinski definition) is 3. The van der Waals surface area contributed by atoms with Crippen molar-refractivity contribution in [1.82, 2.24) is 10.2 Å². The quantitative estimate of drug-likeness (QED) is 0.924. The molecule has 3 unspecified atom stereocenters. The molecule has 3 atom stereocenters. The predicted molar refractivity (Wildman–Crippen MR) is 81.4 cm³/mol. The predicted octanol–water partition coefficient (Wildman–Crippen LogP) is 2.55. The lowest BCUT2D eigenvalue weighted by Crippen LogP contribution is -2.53. The lowest BCUT2D eigenvalue weighted by Gasteiger charge is -2.35. The monoisotopic (exact) mass is 328 g/mol. The number of hydrogen-bond donors (Lipinski definition) is 1. The van der Waals surface area contributed by atoms with Crippen LogP contribution in [0.3, 0.4) is 0 Å². The summed E-state index contributed by atoms with van der Waals surface area (Å²) in [6, 6.07) is 2.58. The lowest BCUT2D eigenvalue weighted by atomic mass is 10.2. The molecule has 1 saturated heterocycles. The number of morpholine rings is 1. The van der Waals surface area contributed by atoms with E-state index >= 15 is 0 Å². The fraction of sp³-hybridized carbons (Fsp3) is 0.562. The van der Waals surface area contributed by atoms with Gasteiger partial charge in [0, 0.05) is 19.2 Å². The Bertz CT molecular complexity index is 546. The van der Waals surface area contributed by atoms with Gasteiger partial charge in [-0.15, -0.1) is 0 Å². The minimum Gasteiger partial charge on any atom is -0.488 e. The Morgan fingerprint density at radius 1 is 1.39 bits per heavy atom. The topological polar surface area (TPSA) is 50.8 Å². The lowest BCUT2D eigenvalue weighted by molar-refractivity contribution is -0.0548. The van der Waals surface area contributed by atoms with Gasteiger partial charge < -0.3 is 19.7 Å². The Balaban J connectivity index is 1.82. The van der Waals surface area contributed by atoms with Gasteiger partial charge in [-0.1, -0.05) is 0 Å². The number of nitrogens with zero attached hydrogens (tertiary/aromatic N) is 1. The van der Waals surface area contributed by atoms with Crippen LogP contribution in [0, 0.1) is 11.6 Å². The molecular formula is C16H22F2N2O3. The van der Waals surface area contributed by atoms with E-state index in [2.05, 4.69) is 5.32 Å². The maximum Gasteiger partial charge on any atom is 0.317 e. The van der Waals surface area contributed by atoms with E-state index in [0.29, 0.717) is 13.1 Å². The molecule has 0 saturated carbocycles. The summed E-state index contributed by atoms with van der Waals surface area (Å²) in [5.74, 6) is -1.47. The van der Waals surface area contributed by atoms with Gasteiger partial charge in [-0.3, -0.25) is 0 Å². The molecule has 2 rings (SSSR count). The molecule has 0 aromatic heterocycles. The highest BCUT2D eigenvalue weighted by molar-refractivity contribution is 5.74. The molecule has 1 N–H and O–H groups in total. The highest BCUT2D eigenvalue weighted by atomic mass is 19.1. The number of urea groups is 1. The molecule has 0 spiro atoms. The van der Waals surface area contributed by atoms with Crippen LogP contribution >= 0.6 is 0 Å². The molecule has 1 aliphatic rings. The summed E-state index contributed by atoms with van der Waals surface area (Å²) in [5, 5.41) is 2.80. The van der Waals surface area contributed by atoms with E-state index in [4.69, 9.17) is 9.47 Å². The average Bonchev–Trinajstić information content (AvgIpc) is 2.45. The van der Waals surface area contributed by atoms with E-state index in [0.717, 1.165) is 12.1 Å². The normalized spacial score (nSPS) is 22.6. The zero-order valence-electron chi connectivity index (χ0n) is 13.5. The van der Waals surface area contributed by atoms with Crippen LogP contribution in [0.1, 0.15) is 20.8 Å². The standard InChI is InChI=1S/C16H22F2N2O3/c1-10(9-22-15-5-4-13(17)6-14(15)18)19-16(21)20-7-11(2)23-12(3)8-20/h4-6,10-12H,7-9H2,1-3H3,(H,19,21). The number of ether oxygens (including phenoxy) is 2. The molecular weight excluding hydrogens is 306 g/mol. The van der Waals surface area contributed by atoms with E-state index < -0.39 is 11.6 Å². The average molecular weight is 328 g/mol. The molecule has 128 valence electrons. The zero-order chi connectivity index (χ0) is 17.0. The molecule has 1 heterocycles. The Morgan fingerprint density at radius 2 is 2.04 bits per heavy atom. The summed E-state index contributed by atoms with van der Waals surface area (Å²) in [4.78, 5) is 13.9. The van der Waals surface area contributed by atoms with Gasteiger partial charge in [0.1, 0.15) is 12.4 Å². The smallest absolute Gasteiger partial charge is 0.317 e. The van der Waals surface area contributed by atoms with Crippen molar-refractivity contribution >= 4 is 6.03 Å². The third kappa shape index (κ3) is 5.06. The van der Waals surface area contributed by atoms with E-state index in [1.54, 1.807) is 11.8 Å².